The molecule has 0 saturated heterocycles. The maximum absolute atomic E-state index is 12.2. The Kier molecular flexibility index (Phi) is 5.14. The molecular weight excluding hydrogens is 320 g/mol. The average molecular weight is 339 g/mol. The summed E-state index contributed by atoms with van der Waals surface area (Å²) in [6.45, 7) is 0.991. The first-order valence-electron chi connectivity index (χ1n) is 7.82. The Morgan fingerprint density at radius 2 is 1.79 bits per heavy atom. The summed E-state index contributed by atoms with van der Waals surface area (Å²) in [6, 6.07) is 21.7. The van der Waals surface area contributed by atoms with Crippen molar-refractivity contribution in [1.29, 1.82) is 0 Å². The fraction of sp³-hybridized carbons (Fsp3) is 0.150. The highest BCUT2D eigenvalue weighted by molar-refractivity contribution is 6.30. The number of hydrogen-bond acceptors (Lipinski definition) is 2. The molecule has 24 heavy (non-hydrogen) atoms. The summed E-state index contributed by atoms with van der Waals surface area (Å²) in [5.74, 6) is -0.0326. The molecule has 0 atom stereocenters. The van der Waals surface area contributed by atoms with Crippen molar-refractivity contribution in [3.8, 4) is 0 Å². The van der Waals surface area contributed by atoms with E-state index >= 15 is 0 Å². The van der Waals surface area contributed by atoms with Crippen molar-refractivity contribution in [3.63, 3.8) is 0 Å². The Morgan fingerprint density at radius 1 is 1.00 bits per heavy atom. The predicted molar refractivity (Wildman–Crippen MR) is 100 cm³/mol. The third-order valence-corrected chi connectivity index (χ3v) is 4.02. The van der Waals surface area contributed by atoms with Gasteiger partial charge >= 0.3 is 0 Å². The summed E-state index contributed by atoms with van der Waals surface area (Å²) >= 11 is 5.99. The minimum absolute atomic E-state index is 0.0326. The first-order chi connectivity index (χ1) is 11.6. The highest BCUT2D eigenvalue weighted by atomic mass is 35.5. The van der Waals surface area contributed by atoms with E-state index in [1.807, 2.05) is 72.6 Å². The van der Waals surface area contributed by atoms with Crippen molar-refractivity contribution < 1.29 is 4.79 Å². The van der Waals surface area contributed by atoms with Crippen LogP contribution >= 0.6 is 11.6 Å². The van der Waals surface area contributed by atoms with Crippen molar-refractivity contribution in [3.05, 3.63) is 77.3 Å². The minimum Gasteiger partial charge on any atom is -0.325 e. The summed E-state index contributed by atoms with van der Waals surface area (Å²) in [4.78, 5) is 14.2. The van der Waals surface area contributed by atoms with E-state index in [9.17, 15) is 4.79 Å². The fourth-order valence-corrected chi connectivity index (χ4v) is 2.93. The van der Waals surface area contributed by atoms with E-state index in [1.54, 1.807) is 0 Å². The van der Waals surface area contributed by atoms with Gasteiger partial charge in [-0.2, -0.15) is 0 Å². The smallest absolute Gasteiger partial charge is 0.238 e. The van der Waals surface area contributed by atoms with Gasteiger partial charge in [0.2, 0.25) is 5.91 Å². The number of fused-ring (bicyclic) bond motifs is 1. The standard InChI is InChI=1S/C20H19ClN2O/c1-23(13-15-5-4-8-18(21)11-15)14-20(24)22-19-10-9-16-6-2-3-7-17(16)12-19/h2-12H,13-14H2,1H3,(H,22,24). The highest BCUT2D eigenvalue weighted by Gasteiger charge is 2.08. The van der Waals surface area contributed by atoms with Crippen LogP contribution in [0.4, 0.5) is 5.69 Å². The molecule has 0 saturated carbocycles. The normalized spacial score (nSPS) is 11.0. The van der Waals surface area contributed by atoms with E-state index < -0.39 is 0 Å². The summed E-state index contributed by atoms with van der Waals surface area (Å²) in [5, 5.41) is 5.94. The van der Waals surface area contributed by atoms with Gasteiger partial charge in [0.15, 0.2) is 0 Å². The molecule has 0 unspecified atom stereocenters. The van der Waals surface area contributed by atoms with Gasteiger partial charge in [-0.15, -0.1) is 0 Å². The van der Waals surface area contributed by atoms with Crippen LogP contribution in [0.2, 0.25) is 5.02 Å². The Balaban J connectivity index is 1.59. The van der Waals surface area contributed by atoms with Crippen LogP contribution < -0.4 is 5.32 Å². The van der Waals surface area contributed by atoms with Crippen LogP contribution in [0.25, 0.3) is 10.8 Å². The molecule has 0 radical (unpaired) electrons. The number of anilines is 1. The van der Waals surface area contributed by atoms with Gasteiger partial charge < -0.3 is 5.32 Å². The molecule has 3 nitrogen and oxygen atoms in total. The number of carbonyl (C=O) groups excluding carboxylic acids is 1. The van der Waals surface area contributed by atoms with Gasteiger partial charge in [0.05, 0.1) is 6.54 Å². The second-order valence-corrected chi connectivity index (χ2v) is 6.35. The Labute approximate surface area is 146 Å². The molecule has 0 aliphatic rings. The summed E-state index contributed by atoms with van der Waals surface area (Å²) < 4.78 is 0. The maximum atomic E-state index is 12.2. The maximum Gasteiger partial charge on any atom is 0.238 e. The molecule has 1 amide bonds. The highest BCUT2D eigenvalue weighted by Crippen LogP contribution is 2.19. The first-order valence-corrected chi connectivity index (χ1v) is 8.19. The number of nitrogens with zero attached hydrogens (tertiary/aromatic N) is 1. The lowest BCUT2D eigenvalue weighted by Crippen LogP contribution is -2.29. The zero-order chi connectivity index (χ0) is 16.9. The van der Waals surface area contributed by atoms with Gasteiger partial charge in [0, 0.05) is 17.3 Å². The van der Waals surface area contributed by atoms with Crippen LogP contribution in [-0.2, 0) is 11.3 Å². The van der Waals surface area contributed by atoms with Gasteiger partial charge in [-0.1, -0.05) is 54.1 Å². The SMILES string of the molecule is CN(CC(=O)Nc1ccc2ccccc2c1)Cc1cccc(Cl)c1. The monoisotopic (exact) mass is 338 g/mol. The topological polar surface area (TPSA) is 32.3 Å². The van der Waals surface area contributed by atoms with Crippen LogP contribution in [0.15, 0.2) is 66.7 Å². The van der Waals surface area contributed by atoms with Gasteiger partial charge in [0.25, 0.3) is 0 Å². The number of hydrogen-bond donors (Lipinski definition) is 1. The molecule has 0 heterocycles. The van der Waals surface area contributed by atoms with Crippen molar-refractivity contribution in [2.75, 3.05) is 18.9 Å². The molecule has 0 fully saturated rings. The van der Waals surface area contributed by atoms with E-state index in [0.29, 0.717) is 18.1 Å². The summed E-state index contributed by atoms with van der Waals surface area (Å²) in [6.07, 6.45) is 0. The lowest BCUT2D eigenvalue weighted by atomic mass is 10.1. The second kappa shape index (κ2) is 7.47. The van der Waals surface area contributed by atoms with E-state index in [-0.39, 0.29) is 5.91 Å². The van der Waals surface area contributed by atoms with Crippen molar-refractivity contribution in [1.82, 2.24) is 4.90 Å². The number of carbonyl (C=O) groups is 1. The van der Waals surface area contributed by atoms with Gasteiger partial charge in [-0.05, 0) is 47.6 Å². The number of halogens is 1. The van der Waals surface area contributed by atoms with E-state index in [4.69, 9.17) is 11.6 Å². The Bertz CT molecular complexity index is 863. The fourth-order valence-electron chi connectivity index (χ4n) is 2.72. The third kappa shape index (κ3) is 4.34. The van der Waals surface area contributed by atoms with Crippen molar-refractivity contribution >= 4 is 34.0 Å². The molecule has 0 bridgehead atoms. The minimum atomic E-state index is -0.0326. The van der Waals surface area contributed by atoms with E-state index in [1.165, 1.54) is 0 Å². The molecule has 0 aliphatic carbocycles. The van der Waals surface area contributed by atoms with Crippen LogP contribution in [0, 0.1) is 0 Å². The van der Waals surface area contributed by atoms with Gasteiger partial charge in [-0.3, -0.25) is 9.69 Å². The van der Waals surface area contributed by atoms with Crippen LogP contribution in [0.1, 0.15) is 5.56 Å². The van der Waals surface area contributed by atoms with E-state index in [0.717, 1.165) is 22.0 Å². The molecule has 4 heteroatoms. The summed E-state index contributed by atoms with van der Waals surface area (Å²) in [5.41, 5.74) is 1.90. The molecule has 3 aromatic rings. The van der Waals surface area contributed by atoms with E-state index in [2.05, 4.69) is 11.4 Å². The molecule has 1 N–H and O–H groups in total. The molecule has 0 aromatic heterocycles. The third-order valence-electron chi connectivity index (χ3n) is 3.79. The number of amides is 1. The molecule has 122 valence electrons. The molecule has 3 aromatic carbocycles. The number of nitrogens with one attached hydrogen (secondary N) is 1. The van der Waals surface area contributed by atoms with Crippen LogP contribution in [0.3, 0.4) is 0 Å². The van der Waals surface area contributed by atoms with Crippen molar-refractivity contribution in [2.24, 2.45) is 0 Å². The number of benzene rings is 3. The molecule has 0 aliphatic heterocycles. The zero-order valence-electron chi connectivity index (χ0n) is 13.5. The second-order valence-electron chi connectivity index (χ2n) is 5.91. The summed E-state index contributed by atoms with van der Waals surface area (Å²) in [7, 11) is 1.92. The Hall–Kier alpha value is -2.36. The van der Waals surface area contributed by atoms with Gasteiger partial charge in [-0.25, -0.2) is 0 Å². The first kappa shape index (κ1) is 16.5. The largest absolute Gasteiger partial charge is 0.325 e. The van der Waals surface area contributed by atoms with Crippen LogP contribution in [-0.4, -0.2) is 24.4 Å². The molecule has 0 spiro atoms. The zero-order valence-corrected chi connectivity index (χ0v) is 14.3. The van der Waals surface area contributed by atoms with Crippen molar-refractivity contribution in [2.45, 2.75) is 6.54 Å². The van der Waals surface area contributed by atoms with Gasteiger partial charge in [0.1, 0.15) is 0 Å². The number of likely N-dealkylation sites (N-methyl/N-ethyl adjacent to an activating group) is 1. The molecule has 3 rings (SSSR count). The number of rotatable bonds is 5. The van der Waals surface area contributed by atoms with Crippen LogP contribution in [0.5, 0.6) is 0 Å². The quantitative estimate of drug-likeness (QED) is 0.739. The average Bonchev–Trinajstić information content (AvgIpc) is 2.54. The lowest BCUT2D eigenvalue weighted by Gasteiger charge is -2.16. The lowest BCUT2D eigenvalue weighted by molar-refractivity contribution is -0.117. The molecular formula is C20H19ClN2O. The predicted octanol–water partition coefficient (Wildman–Crippen LogP) is 4.56. The Morgan fingerprint density at radius 3 is 2.58 bits per heavy atom.